The average molecular weight is 289 g/mol. The SMILES string of the molecule is CC(/C=C/c1ccco1)=N/NC(=O)c1ccc(Cl)cc1. The lowest BCUT2D eigenvalue weighted by molar-refractivity contribution is 0.0955. The van der Waals surface area contributed by atoms with Crippen LogP contribution < -0.4 is 5.43 Å². The molecule has 0 saturated heterocycles. The molecule has 0 fully saturated rings. The Labute approximate surface area is 121 Å². The second-order valence-electron chi connectivity index (χ2n) is 4.05. The van der Waals surface area contributed by atoms with Gasteiger partial charge in [-0.3, -0.25) is 4.79 Å². The highest BCUT2D eigenvalue weighted by atomic mass is 35.5. The number of nitrogens with one attached hydrogen (secondary N) is 1. The molecule has 0 saturated carbocycles. The largest absolute Gasteiger partial charge is 0.465 e. The molecule has 0 bridgehead atoms. The van der Waals surface area contributed by atoms with Gasteiger partial charge in [0.1, 0.15) is 5.76 Å². The number of hydrogen-bond acceptors (Lipinski definition) is 3. The molecule has 0 aliphatic rings. The molecule has 4 nitrogen and oxygen atoms in total. The van der Waals surface area contributed by atoms with Crippen LogP contribution in [0.3, 0.4) is 0 Å². The van der Waals surface area contributed by atoms with E-state index in [2.05, 4.69) is 10.5 Å². The Morgan fingerprint density at radius 3 is 2.70 bits per heavy atom. The highest BCUT2D eigenvalue weighted by Crippen LogP contribution is 2.09. The van der Waals surface area contributed by atoms with Gasteiger partial charge in [0.2, 0.25) is 0 Å². The summed E-state index contributed by atoms with van der Waals surface area (Å²) in [4.78, 5) is 11.8. The van der Waals surface area contributed by atoms with Crippen molar-refractivity contribution in [3.8, 4) is 0 Å². The van der Waals surface area contributed by atoms with Crippen molar-refractivity contribution in [2.45, 2.75) is 6.92 Å². The number of nitrogens with zero attached hydrogens (tertiary/aromatic N) is 1. The number of allylic oxidation sites excluding steroid dienone is 1. The van der Waals surface area contributed by atoms with E-state index in [4.69, 9.17) is 16.0 Å². The van der Waals surface area contributed by atoms with Gasteiger partial charge in [-0.05, 0) is 55.5 Å². The van der Waals surface area contributed by atoms with Crippen molar-refractivity contribution >= 4 is 29.3 Å². The smallest absolute Gasteiger partial charge is 0.271 e. The number of benzene rings is 1. The predicted octanol–water partition coefficient (Wildman–Crippen LogP) is 3.75. The van der Waals surface area contributed by atoms with Gasteiger partial charge < -0.3 is 4.42 Å². The molecule has 1 heterocycles. The number of hydrogen-bond donors (Lipinski definition) is 1. The van der Waals surface area contributed by atoms with Gasteiger partial charge in [0.05, 0.1) is 12.0 Å². The van der Waals surface area contributed by atoms with Crippen molar-refractivity contribution in [3.63, 3.8) is 0 Å². The summed E-state index contributed by atoms with van der Waals surface area (Å²) in [6.07, 6.45) is 5.11. The van der Waals surface area contributed by atoms with Crippen LogP contribution in [0.25, 0.3) is 6.08 Å². The Balaban J connectivity index is 1.94. The first-order chi connectivity index (χ1) is 9.65. The van der Waals surface area contributed by atoms with Crippen molar-refractivity contribution in [1.82, 2.24) is 5.43 Å². The third-order valence-corrected chi connectivity index (χ3v) is 2.72. The third kappa shape index (κ3) is 4.10. The molecule has 0 radical (unpaired) electrons. The molecular weight excluding hydrogens is 276 g/mol. The minimum Gasteiger partial charge on any atom is -0.465 e. The van der Waals surface area contributed by atoms with Crippen molar-refractivity contribution < 1.29 is 9.21 Å². The van der Waals surface area contributed by atoms with Gasteiger partial charge in [-0.1, -0.05) is 11.6 Å². The van der Waals surface area contributed by atoms with Gasteiger partial charge in [-0.15, -0.1) is 0 Å². The molecule has 0 atom stereocenters. The van der Waals surface area contributed by atoms with Gasteiger partial charge >= 0.3 is 0 Å². The zero-order chi connectivity index (χ0) is 14.4. The molecule has 1 aromatic heterocycles. The fourth-order valence-corrected chi connectivity index (χ4v) is 1.56. The van der Waals surface area contributed by atoms with E-state index >= 15 is 0 Å². The van der Waals surface area contributed by atoms with E-state index in [1.807, 2.05) is 6.07 Å². The molecule has 0 spiro atoms. The van der Waals surface area contributed by atoms with Crippen molar-refractivity contribution in [2.24, 2.45) is 5.10 Å². The maximum absolute atomic E-state index is 11.8. The second-order valence-corrected chi connectivity index (χ2v) is 4.49. The summed E-state index contributed by atoms with van der Waals surface area (Å²) in [6.45, 7) is 1.78. The number of carbonyl (C=O) groups is 1. The number of halogens is 1. The summed E-state index contributed by atoms with van der Waals surface area (Å²) in [5.41, 5.74) is 3.63. The van der Waals surface area contributed by atoms with E-state index in [-0.39, 0.29) is 5.91 Å². The summed E-state index contributed by atoms with van der Waals surface area (Å²) < 4.78 is 5.15. The summed E-state index contributed by atoms with van der Waals surface area (Å²) in [6, 6.07) is 10.2. The molecule has 102 valence electrons. The van der Waals surface area contributed by atoms with E-state index < -0.39 is 0 Å². The standard InChI is InChI=1S/C15H13ClN2O2/c1-11(4-9-14-3-2-10-20-14)17-18-15(19)12-5-7-13(16)8-6-12/h2-10H,1H3,(H,18,19)/b9-4+,17-11-. The second kappa shape index (κ2) is 6.73. The van der Waals surface area contributed by atoms with Crippen LogP contribution in [0.1, 0.15) is 23.0 Å². The minimum absolute atomic E-state index is 0.285. The average Bonchev–Trinajstić information content (AvgIpc) is 2.96. The van der Waals surface area contributed by atoms with Crippen LogP contribution >= 0.6 is 11.6 Å². The van der Waals surface area contributed by atoms with Crippen molar-refractivity contribution in [2.75, 3.05) is 0 Å². The van der Waals surface area contributed by atoms with Gasteiger partial charge in [0, 0.05) is 10.6 Å². The molecule has 5 heteroatoms. The predicted molar refractivity (Wildman–Crippen MR) is 79.8 cm³/mol. The quantitative estimate of drug-likeness (QED) is 0.688. The number of amides is 1. The fraction of sp³-hybridized carbons (Fsp3) is 0.0667. The summed E-state index contributed by atoms with van der Waals surface area (Å²) >= 11 is 5.76. The Morgan fingerprint density at radius 1 is 1.30 bits per heavy atom. The van der Waals surface area contributed by atoms with E-state index in [0.29, 0.717) is 16.3 Å². The van der Waals surface area contributed by atoms with Gasteiger partial charge in [0.15, 0.2) is 0 Å². The molecule has 1 aromatic carbocycles. The first-order valence-electron chi connectivity index (χ1n) is 5.97. The summed E-state index contributed by atoms with van der Waals surface area (Å²) in [7, 11) is 0. The number of furan rings is 1. The van der Waals surface area contributed by atoms with Crippen LogP contribution in [0, 0.1) is 0 Å². The lowest BCUT2D eigenvalue weighted by Crippen LogP contribution is -2.18. The van der Waals surface area contributed by atoms with E-state index in [1.54, 1.807) is 55.7 Å². The molecule has 0 aliphatic heterocycles. The number of rotatable bonds is 4. The lowest BCUT2D eigenvalue weighted by atomic mass is 10.2. The fourth-order valence-electron chi connectivity index (χ4n) is 1.43. The van der Waals surface area contributed by atoms with Gasteiger partial charge in [-0.25, -0.2) is 5.43 Å². The Kier molecular flexibility index (Phi) is 4.74. The van der Waals surface area contributed by atoms with Crippen LogP contribution in [0.2, 0.25) is 5.02 Å². The Bertz CT molecular complexity index is 628. The lowest BCUT2D eigenvalue weighted by Gasteiger charge is -2.00. The van der Waals surface area contributed by atoms with Crippen molar-refractivity contribution in [3.05, 3.63) is 65.1 Å². The number of hydrazone groups is 1. The van der Waals surface area contributed by atoms with E-state index in [1.165, 1.54) is 0 Å². The third-order valence-electron chi connectivity index (χ3n) is 2.47. The molecular formula is C15H13ClN2O2. The molecule has 20 heavy (non-hydrogen) atoms. The first kappa shape index (κ1) is 14.1. The molecule has 2 rings (SSSR count). The van der Waals surface area contributed by atoms with Crippen LogP contribution in [0.4, 0.5) is 0 Å². The molecule has 1 amide bonds. The van der Waals surface area contributed by atoms with Crippen LogP contribution in [-0.4, -0.2) is 11.6 Å². The summed E-state index contributed by atoms with van der Waals surface area (Å²) in [5, 5.41) is 4.56. The van der Waals surface area contributed by atoms with E-state index in [9.17, 15) is 4.79 Å². The molecule has 2 aromatic rings. The highest BCUT2D eigenvalue weighted by Gasteiger charge is 2.03. The Hall–Kier alpha value is -2.33. The highest BCUT2D eigenvalue weighted by molar-refractivity contribution is 6.30. The van der Waals surface area contributed by atoms with Crippen molar-refractivity contribution in [1.29, 1.82) is 0 Å². The number of carbonyl (C=O) groups excluding carboxylic acids is 1. The van der Waals surface area contributed by atoms with Crippen LogP contribution in [0.5, 0.6) is 0 Å². The zero-order valence-corrected chi connectivity index (χ0v) is 11.6. The normalized spacial score (nSPS) is 11.8. The summed E-state index contributed by atoms with van der Waals surface area (Å²) in [5.74, 6) is 0.441. The zero-order valence-electron chi connectivity index (χ0n) is 10.8. The molecule has 0 aliphatic carbocycles. The van der Waals surface area contributed by atoms with Gasteiger partial charge in [-0.2, -0.15) is 5.10 Å². The first-order valence-corrected chi connectivity index (χ1v) is 6.35. The maximum Gasteiger partial charge on any atom is 0.271 e. The van der Waals surface area contributed by atoms with Crippen LogP contribution in [0.15, 0.2) is 58.3 Å². The topological polar surface area (TPSA) is 54.6 Å². The maximum atomic E-state index is 11.8. The van der Waals surface area contributed by atoms with E-state index in [0.717, 1.165) is 5.76 Å². The monoisotopic (exact) mass is 288 g/mol. The minimum atomic E-state index is -0.285. The molecule has 1 N–H and O–H groups in total. The molecule has 0 unspecified atom stereocenters. The van der Waals surface area contributed by atoms with Gasteiger partial charge in [0.25, 0.3) is 5.91 Å². The Morgan fingerprint density at radius 2 is 2.05 bits per heavy atom. The van der Waals surface area contributed by atoms with Crippen LogP contribution in [-0.2, 0) is 0 Å².